The summed E-state index contributed by atoms with van der Waals surface area (Å²) < 4.78 is 0. The third-order valence-corrected chi connectivity index (χ3v) is 9.02. The van der Waals surface area contributed by atoms with E-state index >= 15 is 0 Å². The van der Waals surface area contributed by atoms with E-state index in [4.69, 9.17) is 0 Å². The Morgan fingerprint density at radius 1 is 0.900 bits per heavy atom. The van der Waals surface area contributed by atoms with Crippen LogP contribution in [0, 0.1) is 0 Å². The highest BCUT2D eigenvalue weighted by Crippen LogP contribution is 2.59. The molecule has 0 aliphatic heterocycles. The Kier molecular flexibility index (Phi) is 5.15. The Labute approximate surface area is 123 Å². The maximum atomic E-state index is 3.96. The summed E-state index contributed by atoms with van der Waals surface area (Å²) >= 11 is 0. The molecule has 0 unspecified atom stereocenters. The molecule has 0 aliphatic rings. The molecule has 0 aliphatic carbocycles. The fraction of sp³-hybridized carbons (Fsp3) is 0.263. The molecule has 2 aromatic carbocycles. The summed E-state index contributed by atoms with van der Waals surface area (Å²) in [6.45, 7) is 8.65. The van der Waals surface area contributed by atoms with E-state index in [1.807, 2.05) is 6.08 Å². The average Bonchev–Trinajstić information content (AvgIpc) is 2.54. The molecule has 0 aromatic heterocycles. The van der Waals surface area contributed by atoms with Gasteiger partial charge in [0, 0.05) is 0 Å². The molecule has 0 fully saturated rings. The fourth-order valence-corrected chi connectivity index (χ4v) is 6.40. The molecule has 0 N–H and O–H groups in total. The summed E-state index contributed by atoms with van der Waals surface area (Å²) in [7, 11) is -1.12. The van der Waals surface area contributed by atoms with Crippen molar-refractivity contribution < 1.29 is 0 Å². The van der Waals surface area contributed by atoms with Gasteiger partial charge in [0.2, 0.25) is 0 Å². The van der Waals surface area contributed by atoms with Gasteiger partial charge in [0.05, 0.1) is 31.1 Å². The first-order chi connectivity index (χ1) is 9.75. The highest BCUT2D eigenvalue weighted by molar-refractivity contribution is 7.82. The van der Waals surface area contributed by atoms with E-state index in [0.717, 1.165) is 0 Å². The van der Waals surface area contributed by atoms with Gasteiger partial charge < -0.3 is 0 Å². The molecule has 1 heteroatoms. The SMILES string of the molecule is C=Cc1ccccc1C[P+](CC)(CC)c1ccccc1. The van der Waals surface area contributed by atoms with Crippen LogP contribution in [-0.2, 0) is 6.16 Å². The van der Waals surface area contributed by atoms with Gasteiger partial charge in [0.15, 0.2) is 0 Å². The molecule has 20 heavy (non-hydrogen) atoms. The number of rotatable bonds is 6. The molecule has 2 aromatic rings. The Balaban J connectivity index is 2.42. The van der Waals surface area contributed by atoms with Crippen molar-refractivity contribution >= 4 is 18.6 Å². The Hall–Kier alpha value is -1.39. The van der Waals surface area contributed by atoms with Crippen LogP contribution in [0.2, 0.25) is 0 Å². The second-order valence-electron chi connectivity index (χ2n) is 5.17. The number of benzene rings is 2. The Morgan fingerprint density at radius 2 is 1.50 bits per heavy atom. The predicted octanol–water partition coefficient (Wildman–Crippen LogP) is 5.21. The average molecular weight is 283 g/mol. The summed E-state index contributed by atoms with van der Waals surface area (Å²) in [5, 5.41) is 1.56. The van der Waals surface area contributed by atoms with Gasteiger partial charge in [-0.2, -0.15) is 0 Å². The zero-order chi connectivity index (χ0) is 14.4. The number of hydrogen-bond donors (Lipinski definition) is 0. The molecule has 0 heterocycles. The molecule has 0 bridgehead atoms. The minimum atomic E-state index is -1.12. The van der Waals surface area contributed by atoms with E-state index in [2.05, 4.69) is 75.0 Å². The fourth-order valence-electron chi connectivity index (χ4n) is 2.85. The van der Waals surface area contributed by atoms with Crippen molar-refractivity contribution in [1.29, 1.82) is 0 Å². The lowest BCUT2D eigenvalue weighted by Crippen LogP contribution is -2.17. The van der Waals surface area contributed by atoms with Crippen molar-refractivity contribution in [2.24, 2.45) is 0 Å². The zero-order valence-electron chi connectivity index (χ0n) is 12.5. The van der Waals surface area contributed by atoms with Gasteiger partial charge >= 0.3 is 0 Å². The van der Waals surface area contributed by atoms with Crippen molar-refractivity contribution in [1.82, 2.24) is 0 Å². The van der Waals surface area contributed by atoms with Gasteiger partial charge in [0.25, 0.3) is 0 Å². The second-order valence-corrected chi connectivity index (χ2v) is 9.56. The molecular weight excluding hydrogens is 259 g/mol. The van der Waals surface area contributed by atoms with Crippen LogP contribution < -0.4 is 5.30 Å². The highest BCUT2D eigenvalue weighted by Gasteiger charge is 2.36. The van der Waals surface area contributed by atoms with Gasteiger partial charge in [-0.05, 0) is 37.1 Å². The van der Waals surface area contributed by atoms with Crippen LogP contribution in [0.1, 0.15) is 25.0 Å². The first-order valence-corrected chi connectivity index (χ1v) is 9.72. The smallest absolute Gasteiger partial charge is 0.0942 e. The van der Waals surface area contributed by atoms with Gasteiger partial charge in [-0.15, -0.1) is 0 Å². The minimum Gasteiger partial charge on any atom is -0.0985 e. The summed E-state index contributed by atoms with van der Waals surface area (Å²) in [6.07, 6.45) is 5.70. The standard InChI is InChI=1S/C19H24P/c1-4-17-12-10-11-13-18(17)16-20(5-2,6-3)19-14-8-7-9-15-19/h4,7-15H,1,5-6,16H2,2-3H3/q+1. The molecule has 0 saturated carbocycles. The molecule has 0 nitrogen and oxygen atoms in total. The number of hydrogen-bond acceptors (Lipinski definition) is 0. The van der Waals surface area contributed by atoms with Crippen LogP contribution in [0.5, 0.6) is 0 Å². The minimum absolute atomic E-state index is 1.12. The van der Waals surface area contributed by atoms with Gasteiger partial charge in [0.1, 0.15) is 0 Å². The molecule has 0 spiro atoms. The van der Waals surface area contributed by atoms with E-state index in [1.165, 1.54) is 29.6 Å². The monoisotopic (exact) mass is 283 g/mol. The largest absolute Gasteiger partial charge is 0.0985 e. The molecular formula is C19H24P+. The van der Waals surface area contributed by atoms with Crippen LogP contribution >= 0.6 is 7.26 Å². The third-order valence-electron chi connectivity index (χ3n) is 4.26. The lowest BCUT2D eigenvalue weighted by molar-refractivity contribution is 1.28. The molecule has 0 radical (unpaired) electrons. The van der Waals surface area contributed by atoms with Gasteiger partial charge in [-0.25, -0.2) is 0 Å². The lowest BCUT2D eigenvalue weighted by Gasteiger charge is -2.25. The maximum absolute atomic E-state index is 3.96. The van der Waals surface area contributed by atoms with Crippen LogP contribution in [0.25, 0.3) is 6.08 Å². The Bertz CT molecular complexity index is 553. The predicted molar refractivity (Wildman–Crippen MR) is 94.3 cm³/mol. The molecule has 0 atom stereocenters. The van der Waals surface area contributed by atoms with Crippen molar-refractivity contribution in [2.45, 2.75) is 20.0 Å². The van der Waals surface area contributed by atoms with Gasteiger partial charge in [-0.3, -0.25) is 0 Å². The Morgan fingerprint density at radius 3 is 2.10 bits per heavy atom. The van der Waals surface area contributed by atoms with Crippen molar-refractivity contribution in [3.63, 3.8) is 0 Å². The summed E-state index contributed by atoms with van der Waals surface area (Å²) in [5.74, 6) is 0. The molecule has 0 saturated heterocycles. The van der Waals surface area contributed by atoms with E-state index in [9.17, 15) is 0 Å². The molecule has 0 amide bonds. The first-order valence-electron chi connectivity index (χ1n) is 7.38. The zero-order valence-corrected chi connectivity index (χ0v) is 13.4. The third kappa shape index (κ3) is 3.02. The van der Waals surface area contributed by atoms with E-state index in [1.54, 1.807) is 5.30 Å². The van der Waals surface area contributed by atoms with Crippen molar-refractivity contribution in [2.75, 3.05) is 12.3 Å². The van der Waals surface area contributed by atoms with Crippen LogP contribution in [0.4, 0.5) is 0 Å². The summed E-state index contributed by atoms with van der Waals surface area (Å²) in [4.78, 5) is 0. The first kappa shape index (κ1) is 15.0. The molecule has 104 valence electrons. The topological polar surface area (TPSA) is 0 Å². The van der Waals surface area contributed by atoms with Crippen LogP contribution in [0.15, 0.2) is 61.2 Å². The summed E-state index contributed by atoms with van der Waals surface area (Å²) in [6, 6.07) is 19.8. The maximum Gasteiger partial charge on any atom is 0.0942 e. The summed E-state index contributed by atoms with van der Waals surface area (Å²) in [5.41, 5.74) is 2.73. The van der Waals surface area contributed by atoms with Crippen LogP contribution in [-0.4, -0.2) is 12.3 Å². The normalized spacial score (nSPS) is 11.3. The van der Waals surface area contributed by atoms with E-state index in [-0.39, 0.29) is 0 Å². The van der Waals surface area contributed by atoms with Crippen LogP contribution in [0.3, 0.4) is 0 Å². The van der Waals surface area contributed by atoms with E-state index in [0.29, 0.717) is 0 Å². The quantitative estimate of drug-likeness (QED) is 0.638. The van der Waals surface area contributed by atoms with Crippen molar-refractivity contribution in [3.8, 4) is 0 Å². The van der Waals surface area contributed by atoms with E-state index < -0.39 is 7.26 Å². The van der Waals surface area contributed by atoms with Crippen molar-refractivity contribution in [3.05, 3.63) is 72.3 Å². The lowest BCUT2D eigenvalue weighted by atomic mass is 10.1. The second kappa shape index (κ2) is 6.86. The van der Waals surface area contributed by atoms with Gasteiger partial charge in [-0.1, -0.05) is 55.1 Å². The highest BCUT2D eigenvalue weighted by atomic mass is 31.2. The molecule has 2 rings (SSSR count).